The Morgan fingerprint density at radius 3 is 2.43 bits per heavy atom. The summed E-state index contributed by atoms with van der Waals surface area (Å²) in [5, 5.41) is 0. The normalized spacial score (nSPS) is 13.1. The van der Waals surface area contributed by atoms with E-state index in [9.17, 15) is 21.8 Å². The largest absolute Gasteiger partial charge is 0.416 e. The molecule has 7 heteroatoms. The van der Waals surface area contributed by atoms with E-state index in [2.05, 4.69) is 0 Å². The number of hydrogen-bond acceptors (Lipinski definition) is 2. The van der Waals surface area contributed by atoms with Gasteiger partial charge in [0.15, 0.2) is 0 Å². The summed E-state index contributed by atoms with van der Waals surface area (Å²) < 4.78 is 63.9. The van der Waals surface area contributed by atoms with Gasteiger partial charge in [0.25, 0.3) is 0 Å². The predicted octanol–water partition coefficient (Wildman–Crippen LogP) is 3.73. The fourth-order valence-electron chi connectivity index (χ4n) is 1.82. The van der Waals surface area contributed by atoms with Crippen molar-refractivity contribution in [3.05, 3.63) is 59.4 Å². The third-order valence-electron chi connectivity index (χ3n) is 2.78. The summed E-state index contributed by atoms with van der Waals surface area (Å²) in [6.07, 6.45) is -4.59. The lowest BCUT2D eigenvalue weighted by molar-refractivity contribution is -0.138. The van der Waals surface area contributed by atoms with E-state index < -0.39 is 28.4 Å². The van der Waals surface area contributed by atoms with Crippen molar-refractivity contribution in [3.8, 4) is 0 Å². The monoisotopic (exact) mass is 317 g/mol. The Bertz CT molecular complexity index is 685. The maximum absolute atomic E-state index is 13.1. The molecule has 1 unspecified atom stereocenters. The van der Waals surface area contributed by atoms with Crippen LogP contribution in [0, 0.1) is 5.82 Å². The van der Waals surface area contributed by atoms with Crippen LogP contribution in [0.25, 0.3) is 0 Å². The summed E-state index contributed by atoms with van der Waals surface area (Å²) >= 11 is 0. The van der Waals surface area contributed by atoms with Gasteiger partial charge < -0.3 is 5.73 Å². The number of benzene rings is 2. The second kappa shape index (κ2) is 5.85. The predicted molar refractivity (Wildman–Crippen MR) is 72.4 cm³/mol. The number of anilines is 1. The Balaban J connectivity index is 2.34. The zero-order valence-electron chi connectivity index (χ0n) is 10.7. The Kier molecular flexibility index (Phi) is 4.32. The van der Waals surface area contributed by atoms with Gasteiger partial charge in [-0.2, -0.15) is 13.2 Å². The minimum absolute atomic E-state index is 0.0254. The first-order valence-electron chi connectivity index (χ1n) is 5.87. The number of rotatable bonds is 3. The lowest BCUT2D eigenvalue weighted by atomic mass is 10.1. The highest BCUT2D eigenvalue weighted by molar-refractivity contribution is 7.84. The van der Waals surface area contributed by atoms with Crippen LogP contribution in [-0.4, -0.2) is 4.21 Å². The van der Waals surface area contributed by atoms with Crippen LogP contribution in [0.5, 0.6) is 0 Å². The van der Waals surface area contributed by atoms with Gasteiger partial charge in [-0.3, -0.25) is 4.21 Å². The van der Waals surface area contributed by atoms with Crippen molar-refractivity contribution in [2.45, 2.75) is 16.8 Å². The number of nitrogen functional groups attached to an aromatic ring is 1. The van der Waals surface area contributed by atoms with Crippen LogP contribution in [-0.2, 0) is 22.7 Å². The quantitative estimate of drug-likeness (QED) is 0.692. The standard InChI is InChI=1S/C14H11F4NOS/c15-10-2-1-3-12(6-10)21(20)8-9-4-5-11(19)7-13(9)14(16,17)18/h1-7H,8,19H2. The van der Waals surface area contributed by atoms with Crippen LogP contribution in [0.2, 0.25) is 0 Å². The smallest absolute Gasteiger partial charge is 0.399 e. The fraction of sp³-hybridized carbons (Fsp3) is 0.143. The fourth-order valence-corrected chi connectivity index (χ4v) is 2.99. The highest BCUT2D eigenvalue weighted by Gasteiger charge is 2.33. The van der Waals surface area contributed by atoms with Crippen molar-refractivity contribution in [1.29, 1.82) is 0 Å². The molecule has 0 aliphatic heterocycles. The molecule has 1 atom stereocenters. The summed E-state index contributed by atoms with van der Waals surface area (Å²) in [6, 6.07) is 8.28. The topological polar surface area (TPSA) is 43.1 Å². The van der Waals surface area contributed by atoms with Crippen molar-refractivity contribution in [2.24, 2.45) is 0 Å². The molecule has 21 heavy (non-hydrogen) atoms. The first-order valence-corrected chi connectivity index (χ1v) is 7.19. The number of alkyl halides is 3. The molecule has 2 aromatic rings. The van der Waals surface area contributed by atoms with E-state index in [-0.39, 0.29) is 21.9 Å². The van der Waals surface area contributed by atoms with Gasteiger partial charge in [0.05, 0.1) is 22.1 Å². The molecule has 0 aliphatic rings. The Labute approximate surface area is 121 Å². The molecule has 0 spiro atoms. The van der Waals surface area contributed by atoms with Crippen LogP contribution in [0.4, 0.5) is 23.2 Å². The van der Waals surface area contributed by atoms with Crippen molar-refractivity contribution in [2.75, 3.05) is 5.73 Å². The zero-order valence-corrected chi connectivity index (χ0v) is 11.5. The van der Waals surface area contributed by atoms with E-state index in [0.717, 1.165) is 12.1 Å². The first kappa shape index (κ1) is 15.5. The Morgan fingerprint density at radius 2 is 1.81 bits per heavy atom. The van der Waals surface area contributed by atoms with Crippen LogP contribution < -0.4 is 5.73 Å². The van der Waals surface area contributed by atoms with Gasteiger partial charge in [0.2, 0.25) is 0 Å². The van der Waals surface area contributed by atoms with Gasteiger partial charge in [-0.1, -0.05) is 12.1 Å². The van der Waals surface area contributed by atoms with E-state index >= 15 is 0 Å². The summed E-state index contributed by atoms with van der Waals surface area (Å²) in [4.78, 5) is 0.139. The van der Waals surface area contributed by atoms with Gasteiger partial charge in [-0.25, -0.2) is 4.39 Å². The van der Waals surface area contributed by atoms with Crippen molar-refractivity contribution in [1.82, 2.24) is 0 Å². The molecule has 0 bridgehead atoms. The molecular weight excluding hydrogens is 306 g/mol. The second-order valence-corrected chi connectivity index (χ2v) is 5.81. The maximum Gasteiger partial charge on any atom is 0.416 e. The number of nitrogens with two attached hydrogens (primary N) is 1. The van der Waals surface area contributed by atoms with Gasteiger partial charge in [-0.05, 0) is 35.9 Å². The average Bonchev–Trinajstić information content (AvgIpc) is 2.39. The molecular formula is C14H11F4NOS. The molecule has 2 rings (SSSR count). The van der Waals surface area contributed by atoms with E-state index in [0.29, 0.717) is 0 Å². The van der Waals surface area contributed by atoms with E-state index in [1.807, 2.05) is 0 Å². The molecule has 2 nitrogen and oxygen atoms in total. The summed E-state index contributed by atoms with van der Waals surface area (Å²) in [5.41, 5.74) is 4.27. The first-order chi connectivity index (χ1) is 9.77. The third kappa shape index (κ3) is 3.81. The van der Waals surface area contributed by atoms with Gasteiger partial charge >= 0.3 is 6.18 Å². The maximum atomic E-state index is 13.1. The highest BCUT2D eigenvalue weighted by atomic mass is 32.2. The molecule has 0 radical (unpaired) electrons. The van der Waals surface area contributed by atoms with Crippen molar-refractivity contribution < 1.29 is 21.8 Å². The average molecular weight is 317 g/mol. The summed E-state index contributed by atoms with van der Waals surface area (Å²) in [6.45, 7) is 0. The summed E-state index contributed by atoms with van der Waals surface area (Å²) in [5.74, 6) is -0.951. The van der Waals surface area contributed by atoms with Crippen molar-refractivity contribution in [3.63, 3.8) is 0 Å². The molecule has 112 valence electrons. The number of halogens is 4. The summed E-state index contributed by atoms with van der Waals surface area (Å²) in [7, 11) is -1.78. The van der Waals surface area contributed by atoms with Gasteiger partial charge in [0, 0.05) is 10.6 Å². The molecule has 0 aliphatic carbocycles. The minimum Gasteiger partial charge on any atom is -0.399 e. The molecule has 0 aromatic heterocycles. The Morgan fingerprint density at radius 1 is 1.10 bits per heavy atom. The third-order valence-corrected chi connectivity index (χ3v) is 4.14. The molecule has 0 fully saturated rings. The number of hydrogen-bond donors (Lipinski definition) is 1. The van der Waals surface area contributed by atoms with Gasteiger partial charge in [0.1, 0.15) is 5.82 Å². The molecule has 0 amide bonds. The molecule has 2 aromatic carbocycles. The van der Waals surface area contributed by atoms with Gasteiger partial charge in [-0.15, -0.1) is 0 Å². The molecule has 2 N–H and O–H groups in total. The lowest BCUT2D eigenvalue weighted by Crippen LogP contribution is -2.11. The van der Waals surface area contributed by atoms with Crippen LogP contribution in [0.15, 0.2) is 47.4 Å². The molecule has 0 heterocycles. The zero-order chi connectivity index (χ0) is 15.6. The second-order valence-electron chi connectivity index (χ2n) is 4.36. The highest BCUT2D eigenvalue weighted by Crippen LogP contribution is 2.34. The molecule has 0 saturated heterocycles. The van der Waals surface area contributed by atoms with E-state index in [1.54, 1.807) is 0 Å². The Hall–Kier alpha value is -1.89. The lowest BCUT2D eigenvalue weighted by Gasteiger charge is -2.13. The SMILES string of the molecule is Nc1ccc(CS(=O)c2cccc(F)c2)c(C(F)(F)F)c1. The van der Waals surface area contributed by atoms with Crippen molar-refractivity contribution >= 4 is 16.5 Å². The van der Waals surface area contributed by atoms with Crippen LogP contribution in [0.3, 0.4) is 0 Å². The minimum atomic E-state index is -4.59. The van der Waals surface area contributed by atoms with E-state index in [4.69, 9.17) is 5.73 Å². The van der Waals surface area contributed by atoms with Crippen LogP contribution >= 0.6 is 0 Å². The van der Waals surface area contributed by atoms with Crippen LogP contribution in [0.1, 0.15) is 11.1 Å². The van der Waals surface area contributed by atoms with E-state index in [1.165, 1.54) is 30.3 Å². The molecule has 0 saturated carbocycles.